The van der Waals surface area contributed by atoms with E-state index in [4.69, 9.17) is 0 Å². The third-order valence-corrected chi connectivity index (χ3v) is 4.45. The van der Waals surface area contributed by atoms with Crippen LogP contribution in [0.5, 0.6) is 0 Å². The topological polar surface area (TPSA) is 61.4 Å². The summed E-state index contributed by atoms with van der Waals surface area (Å²) in [5.41, 5.74) is 0. The first-order chi connectivity index (χ1) is 9.72. The van der Waals surface area contributed by atoms with Gasteiger partial charge in [-0.2, -0.15) is 0 Å². The quantitative estimate of drug-likeness (QED) is 0.804. The van der Waals surface area contributed by atoms with Crippen molar-refractivity contribution >= 4 is 11.8 Å². The first kappa shape index (κ1) is 15.3. The number of nitrogens with one attached hydrogen (secondary N) is 2. The summed E-state index contributed by atoms with van der Waals surface area (Å²) in [5.74, 6) is 0.436. The predicted octanol–water partition coefficient (Wildman–Crippen LogP) is 0.893. The average Bonchev–Trinajstić information content (AvgIpc) is 2.53. The first-order valence-corrected chi connectivity index (χ1v) is 8.01. The molecule has 2 fully saturated rings. The molecule has 0 bridgehead atoms. The van der Waals surface area contributed by atoms with Gasteiger partial charge in [0.05, 0.1) is 0 Å². The molecule has 5 heteroatoms. The number of hydrogen-bond acceptors (Lipinski definition) is 3. The fourth-order valence-corrected chi connectivity index (χ4v) is 3.21. The Morgan fingerprint density at radius 2 is 1.85 bits per heavy atom. The van der Waals surface area contributed by atoms with Gasteiger partial charge >= 0.3 is 0 Å². The maximum absolute atomic E-state index is 12.7. The van der Waals surface area contributed by atoms with Gasteiger partial charge in [0.15, 0.2) is 0 Å². The smallest absolute Gasteiger partial charge is 0.245 e. The van der Waals surface area contributed by atoms with Gasteiger partial charge in [0, 0.05) is 32.6 Å². The van der Waals surface area contributed by atoms with E-state index in [0.29, 0.717) is 12.3 Å². The van der Waals surface area contributed by atoms with Crippen LogP contribution in [-0.2, 0) is 9.59 Å². The lowest BCUT2D eigenvalue weighted by Crippen LogP contribution is -2.56. The molecule has 1 saturated heterocycles. The fourth-order valence-electron chi connectivity index (χ4n) is 3.21. The normalized spacial score (nSPS) is 22.4. The molecule has 114 valence electrons. The first-order valence-electron chi connectivity index (χ1n) is 8.01. The lowest BCUT2D eigenvalue weighted by atomic mass is 9.83. The van der Waals surface area contributed by atoms with Crippen molar-refractivity contribution in [1.82, 2.24) is 15.5 Å². The van der Waals surface area contributed by atoms with Crippen molar-refractivity contribution in [3.05, 3.63) is 0 Å². The molecule has 1 aliphatic heterocycles. The van der Waals surface area contributed by atoms with Crippen LogP contribution in [0.1, 0.15) is 45.4 Å². The Hall–Kier alpha value is -1.10. The highest BCUT2D eigenvalue weighted by Crippen LogP contribution is 2.27. The number of nitrogens with zero attached hydrogens (tertiary/aromatic N) is 1. The van der Waals surface area contributed by atoms with Crippen LogP contribution in [0.25, 0.3) is 0 Å². The maximum atomic E-state index is 12.7. The molecule has 0 radical (unpaired) electrons. The van der Waals surface area contributed by atoms with Crippen LogP contribution in [0, 0.1) is 5.92 Å². The van der Waals surface area contributed by atoms with Gasteiger partial charge in [-0.05, 0) is 18.8 Å². The van der Waals surface area contributed by atoms with Gasteiger partial charge in [-0.3, -0.25) is 9.59 Å². The minimum atomic E-state index is -0.305. The Bertz CT molecular complexity index is 334. The summed E-state index contributed by atoms with van der Waals surface area (Å²) < 4.78 is 0. The van der Waals surface area contributed by atoms with Crippen LogP contribution in [0.3, 0.4) is 0 Å². The zero-order valence-corrected chi connectivity index (χ0v) is 12.5. The molecular weight excluding hydrogens is 254 g/mol. The van der Waals surface area contributed by atoms with Gasteiger partial charge < -0.3 is 15.5 Å². The maximum Gasteiger partial charge on any atom is 0.245 e. The largest absolute Gasteiger partial charge is 0.344 e. The molecule has 2 N–H and O–H groups in total. The zero-order chi connectivity index (χ0) is 14.4. The third kappa shape index (κ3) is 3.95. The minimum absolute atomic E-state index is 0.0101. The molecule has 0 aromatic heterocycles. The number of amides is 2. The van der Waals surface area contributed by atoms with Crippen molar-refractivity contribution in [2.24, 2.45) is 5.92 Å². The molecule has 2 aliphatic rings. The van der Waals surface area contributed by atoms with E-state index < -0.39 is 0 Å². The number of rotatable bonds is 4. The zero-order valence-electron chi connectivity index (χ0n) is 12.5. The summed E-state index contributed by atoms with van der Waals surface area (Å²) in [5, 5.41) is 6.24. The fraction of sp³-hybridized carbons (Fsp3) is 0.867. The Morgan fingerprint density at radius 3 is 2.45 bits per heavy atom. The highest BCUT2D eigenvalue weighted by Gasteiger charge is 2.33. The van der Waals surface area contributed by atoms with E-state index in [-0.39, 0.29) is 17.9 Å². The Morgan fingerprint density at radius 1 is 1.20 bits per heavy atom. The molecule has 5 nitrogen and oxygen atoms in total. The monoisotopic (exact) mass is 281 g/mol. The summed E-state index contributed by atoms with van der Waals surface area (Å²) in [4.78, 5) is 26.4. The predicted molar refractivity (Wildman–Crippen MR) is 78.2 cm³/mol. The standard InChI is InChI=1S/C15H27N3O2/c1-2-13(19)17-14(12-6-4-3-5-7-12)15(20)18-10-8-16-9-11-18/h12,14,16H,2-11H2,1H3,(H,17,19)/t14-/m0/s1. The molecule has 2 rings (SSSR count). The Kier molecular flexibility index (Phi) is 5.83. The highest BCUT2D eigenvalue weighted by atomic mass is 16.2. The Labute approximate surface area is 121 Å². The van der Waals surface area contributed by atoms with Gasteiger partial charge in [-0.1, -0.05) is 26.2 Å². The van der Waals surface area contributed by atoms with E-state index in [9.17, 15) is 9.59 Å². The second-order valence-electron chi connectivity index (χ2n) is 5.87. The molecule has 0 unspecified atom stereocenters. The SMILES string of the molecule is CCC(=O)N[C@H](C(=O)N1CCNCC1)C1CCCCC1. The van der Waals surface area contributed by atoms with Crippen molar-refractivity contribution in [1.29, 1.82) is 0 Å². The molecule has 0 aromatic rings. The van der Waals surface area contributed by atoms with E-state index in [0.717, 1.165) is 39.0 Å². The van der Waals surface area contributed by atoms with Crippen molar-refractivity contribution in [3.8, 4) is 0 Å². The summed E-state index contributed by atoms with van der Waals surface area (Å²) in [6, 6.07) is -0.305. The summed E-state index contributed by atoms with van der Waals surface area (Å²) in [6.07, 6.45) is 6.18. The highest BCUT2D eigenvalue weighted by molar-refractivity contribution is 5.88. The summed E-state index contributed by atoms with van der Waals surface area (Å²) >= 11 is 0. The van der Waals surface area contributed by atoms with E-state index in [1.807, 2.05) is 11.8 Å². The second kappa shape index (κ2) is 7.62. The second-order valence-corrected chi connectivity index (χ2v) is 5.87. The van der Waals surface area contributed by atoms with Crippen molar-refractivity contribution < 1.29 is 9.59 Å². The number of piperazine rings is 1. The van der Waals surface area contributed by atoms with Gasteiger partial charge in [-0.25, -0.2) is 0 Å². The van der Waals surface area contributed by atoms with E-state index in [1.54, 1.807) is 0 Å². The van der Waals surface area contributed by atoms with Crippen LogP contribution in [-0.4, -0.2) is 48.9 Å². The molecule has 20 heavy (non-hydrogen) atoms. The van der Waals surface area contributed by atoms with Crippen molar-refractivity contribution in [3.63, 3.8) is 0 Å². The van der Waals surface area contributed by atoms with E-state index in [2.05, 4.69) is 10.6 Å². The van der Waals surface area contributed by atoms with Gasteiger partial charge in [0.2, 0.25) is 11.8 Å². The van der Waals surface area contributed by atoms with Gasteiger partial charge in [0.25, 0.3) is 0 Å². The van der Waals surface area contributed by atoms with E-state index in [1.165, 1.54) is 19.3 Å². The lowest BCUT2D eigenvalue weighted by Gasteiger charge is -2.35. The molecule has 0 aromatic carbocycles. The summed E-state index contributed by atoms with van der Waals surface area (Å²) in [7, 11) is 0. The number of hydrogen-bond donors (Lipinski definition) is 2. The molecule has 2 amide bonds. The average molecular weight is 281 g/mol. The van der Waals surface area contributed by atoms with Crippen molar-refractivity contribution in [2.75, 3.05) is 26.2 Å². The van der Waals surface area contributed by atoms with Crippen molar-refractivity contribution in [2.45, 2.75) is 51.5 Å². The van der Waals surface area contributed by atoms with Crippen LogP contribution in [0.15, 0.2) is 0 Å². The number of carbonyl (C=O) groups is 2. The lowest BCUT2D eigenvalue weighted by molar-refractivity contribution is -0.138. The van der Waals surface area contributed by atoms with Crippen LogP contribution in [0.4, 0.5) is 0 Å². The molecule has 0 spiro atoms. The number of carbonyl (C=O) groups excluding carboxylic acids is 2. The van der Waals surface area contributed by atoms with Gasteiger partial charge in [-0.15, -0.1) is 0 Å². The molecule has 1 heterocycles. The molecule has 1 saturated carbocycles. The van der Waals surface area contributed by atoms with Crippen LogP contribution >= 0.6 is 0 Å². The molecular formula is C15H27N3O2. The molecule has 1 atom stereocenters. The van der Waals surface area contributed by atoms with E-state index >= 15 is 0 Å². The molecule has 1 aliphatic carbocycles. The van der Waals surface area contributed by atoms with Crippen LogP contribution < -0.4 is 10.6 Å². The summed E-state index contributed by atoms with van der Waals surface area (Å²) in [6.45, 7) is 5.05. The Balaban J connectivity index is 2.03. The third-order valence-electron chi connectivity index (χ3n) is 4.45. The minimum Gasteiger partial charge on any atom is -0.344 e. The van der Waals surface area contributed by atoms with Crippen LogP contribution in [0.2, 0.25) is 0 Å². The van der Waals surface area contributed by atoms with Gasteiger partial charge in [0.1, 0.15) is 6.04 Å².